The molecular formula is C13H19ClN6O. The third-order valence-electron chi connectivity index (χ3n) is 2.98. The van der Waals surface area contributed by atoms with Crippen LogP contribution in [0.4, 0.5) is 11.4 Å². The van der Waals surface area contributed by atoms with Crippen molar-refractivity contribution in [2.75, 3.05) is 26.0 Å². The van der Waals surface area contributed by atoms with Crippen molar-refractivity contribution in [3.8, 4) is 0 Å². The molecule has 2 aromatic heterocycles. The molecule has 8 heteroatoms. The van der Waals surface area contributed by atoms with Crippen molar-refractivity contribution in [1.29, 1.82) is 0 Å². The summed E-state index contributed by atoms with van der Waals surface area (Å²) in [6, 6.07) is 0. The second-order valence-corrected chi connectivity index (χ2v) is 5.29. The van der Waals surface area contributed by atoms with Gasteiger partial charge >= 0.3 is 0 Å². The first-order valence-electron chi connectivity index (χ1n) is 6.71. The maximum absolute atomic E-state index is 12.1. The van der Waals surface area contributed by atoms with Crippen molar-refractivity contribution in [3.63, 3.8) is 0 Å². The topological polar surface area (TPSA) is 68.0 Å². The fourth-order valence-electron chi connectivity index (χ4n) is 1.76. The number of halogens is 1. The number of hydrogen-bond donors (Lipinski definition) is 1. The van der Waals surface area contributed by atoms with E-state index in [1.54, 1.807) is 17.1 Å². The van der Waals surface area contributed by atoms with Crippen LogP contribution in [0.25, 0.3) is 0 Å². The molecule has 0 aliphatic heterocycles. The Kier molecular flexibility index (Phi) is 4.98. The van der Waals surface area contributed by atoms with Gasteiger partial charge in [0.2, 0.25) is 0 Å². The molecule has 0 spiro atoms. The molecule has 1 N–H and O–H groups in total. The van der Waals surface area contributed by atoms with Gasteiger partial charge in [0.25, 0.3) is 5.56 Å². The Morgan fingerprint density at radius 3 is 2.71 bits per heavy atom. The van der Waals surface area contributed by atoms with Crippen LogP contribution in [0.3, 0.4) is 0 Å². The predicted molar refractivity (Wildman–Crippen MR) is 83.2 cm³/mol. The van der Waals surface area contributed by atoms with Crippen LogP contribution < -0.4 is 10.9 Å². The van der Waals surface area contributed by atoms with Crippen molar-refractivity contribution in [3.05, 3.63) is 34.0 Å². The highest BCUT2D eigenvalue weighted by Gasteiger charge is 2.10. The molecule has 0 saturated carbocycles. The summed E-state index contributed by atoms with van der Waals surface area (Å²) in [5, 5.41) is 11.5. The van der Waals surface area contributed by atoms with Crippen LogP contribution in [0.2, 0.25) is 5.02 Å². The highest BCUT2D eigenvalue weighted by Crippen LogP contribution is 2.20. The van der Waals surface area contributed by atoms with Crippen LogP contribution in [0.1, 0.15) is 6.92 Å². The van der Waals surface area contributed by atoms with E-state index in [-0.39, 0.29) is 10.6 Å². The number of anilines is 2. The van der Waals surface area contributed by atoms with Crippen LogP contribution in [-0.4, -0.2) is 45.1 Å². The molecule has 114 valence electrons. The van der Waals surface area contributed by atoms with Crippen LogP contribution >= 0.6 is 11.6 Å². The van der Waals surface area contributed by atoms with E-state index in [2.05, 4.69) is 15.5 Å². The second kappa shape index (κ2) is 6.73. The number of aryl methyl sites for hydroxylation is 1. The van der Waals surface area contributed by atoms with Crippen LogP contribution in [0, 0.1) is 0 Å². The summed E-state index contributed by atoms with van der Waals surface area (Å²) >= 11 is 6.13. The highest BCUT2D eigenvalue weighted by atomic mass is 35.5. The van der Waals surface area contributed by atoms with E-state index in [4.69, 9.17) is 11.6 Å². The summed E-state index contributed by atoms with van der Waals surface area (Å²) in [6.45, 7) is 4.00. The van der Waals surface area contributed by atoms with E-state index in [0.717, 1.165) is 18.8 Å². The number of likely N-dealkylation sites (N-methyl/N-ethyl adjacent to an activating group) is 1. The van der Waals surface area contributed by atoms with Crippen molar-refractivity contribution in [2.24, 2.45) is 0 Å². The molecule has 0 amide bonds. The Bertz CT molecular complexity index is 663. The van der Waals surface area contributed by atoms with E-state index in [1.807, 2.05) is 32.1 Å². The molecule has 2 rings (SSSR count). The van der Waals surface area contributed by atoms with Crippen molar-refractivity contribution in [1.82, 2.24) is 24.5 Å². The lowest BCUT2D eigenvalue weighted by Gasteiger charge is -2.12. The van der Waals surface area contributed by atoms with E-state index in [1.165, 1.54) is 4.68 Å². The van der Waals surface area contributed by atoms with Crippen LogP contribution in [-0.2, 0) is 13.1 Å². The summed E-state index contributed by atoms with van der Waals surface area (Å²) in [7, 11) is 3.88. The fraction of sp³-hybridized carbons (Fsp3) is 0.462. The van der Waals surface area contributed by atoms with Gasteiger partial charge in [-0.25, -0.2) is 4.68 Å². The number of nitrogens with zero attached hydrogens (tertiary/aromatic N) is 5. The quantitative estimate of drug-likeness (QED) is 0.874. The standard InChI is InChI=1S/C13H19ClN6O/c1-4-19-9-10(7-15-19)17-11-8-16-20(6-5-18(2)3)13(21)12(11)14/h7-9,17H,4-6H2,1-3H3. The van der Waals surface area contributed by atoms with E-state index in [0.29, 0.717) is 12.2 Å². The molecule has 0 atom stereocenters. The molecule has 0 aromatic carbocycles. The largest absolute Gasteiger partial charge is 0.350 e. The summed E-state index contributed by atoms with van der Waals surface area (Å²) in [5.74, 6) is 0. The van der Waals surface area contributed by atoms with E-state index < -0.39 is 0 Å². The minimum atomic E-state index is -0.300. The maximum atomic E-state index is 12.1. The molecular weight excluding hydrogens is 292 g/mol. The molecule has 0 fully saturated rings. The van der Waals surface area contributed by atoms with Gasteiger partial charge in [0.1, 0.15) is 5.02 Å². The van der Waals surface area contributed by atoms with E-state index >= 15 is 0 Å². The SMILES string of the molecule is CCn1cc(Nc2cnn(CCN(C)C)c(=O)c2Cl)cn1. The van der Waals surface area contributed by atoms with E-state index in [9.17, 15) is 4.79 Å². The highest BCUT2D eigenvalue weighted by molar-refractivity contribution is 6.33. The lowest BCUT2D eigenvalue weighted by Crippen LogP contribution is -2.29. The number of rotatable bonds is 6. The summed E-state index contributed by atoms with van der Waals surface area (Å²) in [4.78, 5) is 14.1. The van der Waals surface area contributed by atoms with Gasteiger partial charge in [0.15, 0.2) is 0 Å². The Balaban J connectivity index is 2.18. The zero-order valence-corrected chi connectivity index (χ0v) is 13.1. The number of aromatic nitrogens is 4. The van der Waals surface area contributed by atoms with Crippen LogP contribution in [0.5, 0.6) is 0 Å². The normalized spacial score (nSPS) is 11.1. The smallest absolute Gasteiger partial charge is 0.287 e. The first-order chi connectivity index (χ1) is 10.0. The first kappa shape index (κ1) is 15.5. The average Bonchev–Trinajstić information content (AvgIpc) is 2.90. The van der Waals surface area contributed by atoms with Gasteiger partial charge in [-0.05, 0) is 21.0 Å². The summed E-state index contributed by atoms with van der Waals surface area (Å²) < 4.78 is 3.14. The third kappa shape index (κ3) is 3.83. The average molecular weight is 311 g/mol. The van der Waals surface area contributed by atoms with Gasteiger partial charge in [-0.2, -0.15) is 10.2 Å². The minimum absolute atomic E-state index is 0.132. The molecule has 2 aromatic rings. The van der Waals surface area contributed by atoms with Gasteiger partial charge in [-0.15, -0.1) is 0 Å². The Morgan fingerprint density at radius 1 is 1.33 bits per heavy atom. The summed E-state index contributed by atoms with van der Waals surface area (Å²) in [6.07, 6.45) is 5.08. The zero-order valence-electron chi connectivity index (χ0n) is 12.4. The molecule has 0 unspecified atom stereocenters. The van der Waals surface area contributed by atoms with Gasteiger partial charge in [-0.1, -0.05) is 11.6 Å². The predicted octanol–water partition coefficient (Wildman–Crippen LogP) is 1.42. The molecule has 0 radical (unpaired) electrons. The Morgan fingerprint density at radius 2 is 2.10 bits per heavy atom. The Hall–Kier alpha value is -1.86. The monoisotopic (exact) mass is 310 g/mol. The lowest BCUT2D eigenvalue weighted by atomic mass is 10.4. The van der Waals surface area contributed by atoms with Crippen molar-refractivity contribution >= 4 is 23.0 Å². The second-order valence-electron chi connectivity index (χ2n) is 4.91. The third-order valence-corrected chi connectivity index (χ3v) is 3.35. The molecule has 0 aliphatic carbocycles. The first-order valence-corrected chi connectivity index (χ1v) is 7.09. The molecule has 21 heavy (non-hydrogen) atoms. The van der Waals surface area contributed by atoms with Crippen molar-refractivity contribution < 1.29 is 0 Å². The lowest BCUT2D eigenvalue weighted by molar-refractivity contribution is 0.367. The number of nitrogens with one attached hydrogen (secondary N) is 1. The van der Waals surface area contributed by atoms with Gasteiger partial charge in [0, 0.05) is 19.3 Å². The summed E-state index contributed by atoms with van der Waals surface area (Å²) in [5.41, 5.74) is 0.954. The van der Waals surface area contributed by atoms with Gasteiger partial charge < -0.3 is 10.2 Å². The molecule has 2 heterocycles. The minimum Gasteiger partial charge on any atom is -0.350 e. The van der Waals surface area contributed by atoms with Crippen molar-refractivity contribution in [2.45, 2.75) is 20.0 Å². The van der Waals surface area contributed by atoms with Crippen LogP contribution in [0.15, 0.2) is 23.4 Å². The number of hydrogen-bond acceptors (Lipinski definition) is 5. The molecule has 7 nitrogen and oxygen atoms in total. The molecule has 0 aliphatic rings. The fourth-order valence-corrected chi connectivity index (χ4v) is 1.96. The van der Waals surface area contributed by atoms with Gasteiger partial charge in [-0.3, -0.25) is 9.48 Å². The maximum Gasteiger partial charge on any atom is 0.287 e. The molecule has 0 bridgehead atoms. The zero-order chi connectivity index (χ0) is 15.4. The molecule has 0 saturated heterocycles. The Labute approximate surface area is 128 Å². The van der Waals surface area contributed by atoms with Gasteiger partial charge in [0.05, 0.1) is 30.3 Å².